The van der Waals surface area contributed by atoms with E-state index in [0.717, 1.165) is 25.1 Å². The van der Waals surface area contributed by atoms with E-state index in [-0.39, 0.29) is 11.6 Å². The highest BCUT2D eigenvalue weighted by molar-refractivity contribution is 5.91. The van der Waals surface area contributed by atoms with E-state index in [1.807, 2.05) is 11.8 Å². The third-order valence-corrected chi connectivity index (χ3v) is 3.54. The molecule has 19 heavy (non-hydrogen) atoms. The average molecular weight is 261 g/mol. The molecular weight excluding hydrogens is 246 g/mol. The Labute approximate surface area is 110 Å². The minimum absolute atomic E-state index is 0.280. The molecule has 1 fully saturated rings. The van der Waals surface area contributed by atoms with Crippen molar-refractivity contribution >= 4 is 16.7 Å². The summed E-state index contributed by atoms with van der Waals surface area (Å²) in [5.41, 5.74) is 1.07. The number of hydrogen-bond donors (Lipinski definition) is 0. The first kappa shape index (κ1) is 12.0. The molecule has 2 aromatic heterocycles. The summed E-state index contributed by atoms with van der Waals surface area (Å²) >= 11 is 0. The molecule has 0 saturated carbocycles. The number of ether oxygens (including phenoxy) is 1. The Bertz CT molecular complexity index is 704. The highest BCUT2D eigenvalue weighted by Crippen LogP contribution is 2.29. The molecule has 100 valence electrons. The number of nitrogens with zero attached hydrogens (tertiary/aromatic N) is 3. The summed E-state index contributed by atoms with van der Waals surface area (Å²) in [6.07, 6.45) is 1.10. The fourth-order valence-corrected chi connectivity index (χ4v) is 2.17. The van der Waals surface area contributed by atoms with Crippen molar-refractivity contribution in [3.63, 3.8) is 0 Å². The lowest BCUT2D eigenvalue weighted by molar-refractivity contribution is 0.380. The van der Waals surface area contributed by atoms with Crippen LogP contribution in [0.15, 0.2) is 9.21 Å². The largest absolute Gasteiger partial charge is 0.467 e. The lowest BCUT2D eigenvalue weighted by atomic mass is 10.1. The van der Waals surface area contributed by atoms with Gasteiger partial charge in [-0.05, 0) is 20.3 Å². The van der Waals surface area contributed by atoms with Gasteiger partial charge in [0.1, 0.15) is 11.1 Å². The fourth-order valence-electron chi connectivity index (χ4n) is 2.17. The van der Waals surface area contributed by atoms with Crippen LogP contribution in [0.4, 0.5) is 5.82 Å². The average Bonchev–Trinajstić information content (AvgIpc) is 2.33. The molecule has 6 nitrogen and oxygen atoms in total. The van der Waals surface area contributed by atoms with E-state index in [2.05, 4.69) is 9.97 Å². The van der Waals surface area contributed by atoms with Crippen molar-refractivity contribution in [3.8, 4) is 6.01 Å². The van der Waals surface area contributed by atoms with Gasteiger partial charge in [-0.2, -0.15) is 9.97 Å². The van der Waals surface area contributed by atoms with Crippen LogP contribution >= 0.6 is 0 Å². The van der Waals surface area contributed by atoms with Gasteiger partial charge in [0.25, 0.3) is 0 Å². The van der Waals surface area contributed by atoms with Crippen LogP contribution < -0.4 is 15.3 Å². The van der Waals surface area contributed by atoms with Crippen molar-refractivity contribution in [2.24, 2.45) is 0 Å². The monoisotopic (exact) mass is 261 g/mol. The second-order valence-corrected chi connectivity index (χ2v) is 4.67. The molecule has 6 heteroatoms. The zero-order chi connectivity index (χ0) is 13.6. The van der Waals surface area contributed by atoms with Crippen LogP contribution in [0.3, 0.4) is 0 Å². The van der Waals surface area contributed by atoms with Crippen molar-refractivity contribution in [2.45, 2.75) is 20.3 Å². The van der Waals surface area contributed by atoms with E-state index in [1.54, 1.807) is 6.92 Å². The molecule has 0 atom stereocenters. The zero-order valence-corrected chi connectivity index (χ0v) is 11.2. The maximum atomic E-state index is 12.1. The Balaban J connectivity index is 2.40. The second-order valence-electron chi connectivity index (χ2n) is 4.67. The maximum Gasteiger partial charge on any atom is 0.349 e. The Morgan fingerprint density at radius 1 is 1.26 bits per heavy atom. The molecule has 1 aliphatic heterocycles. The van der Waals surface area contributed by atoms with Crippen LogP contribution in [-0.2, 0) is 0 Å². The first-order valence-electron chi connectivity index (χ1n) is 6.23. The van der Waals surface area contributed by atoms with Crippen LogP contribution in [0.25, 0.3) is 10.9 Å². The standard InChI is InChI=1S/C13H15N3O3/c1-7-8(2)19-12(17)9-10(7)14-13(18-3)15-11(9)16-5-4-6-16/h4-6H2,1-3H3. The van der Waals surface area contributed by atoms with E-state index >= 15 is 0 Å². The summed E-state index contributed by atoms with van der Waals surface area (Å²) in [7, 11) is 1.52. The van der Waals surface area contributed by atoms with E-state index in [1.165, 1.54) is 7.11 Å². The highest BCUT2D eigenvalue weighted by Gasteiger charge is 2.24. The Morgan fingerprint density at radius 2 is 2.00 bits per heavy atom. The predicted molar refractivity (Wildman–Crippen MR) is 70.9 cm³/mol. The second kappa shape index (κ2) is 4.22. The Hall–Kier alpha value is -2.11. The molecule has 1 saturated heterocycles. The lowest BCUT2D eigenvalue weighted by Crippen LogP contribution is -2.38. The Morgan fingerprint density at radius 3 is 2.58 bits per heavy atom. The molecule has 0 spiro atoms. The normalized spacial score (nSPS) is 14.6. The Kier molecular flexibility index (Phi) is 2.66. The lowest BCUT2D eigenvalue weighted by Gasteiger charge is -2.32. The van der Waals surface area contributed by atoms with Gasteiger partial charge in [-0.1, -0.05) is 0 Å². The van der Waals surface area contributed by atoms with Crippen LogP contribution in [0.2, 0.25) is 0 Å². The van der Waals surface area contributed by atoms with Gasteiger partial charge in [0, 0.05) is 18.7 Å². The highest BCUT2D eigenvalue weighted by atomic mass is 16.5. The third kappa shape index (κ3) is 1.75. The summed E-state index contributed by atoms with van der Waals surface area (Å²) in [5.74, 6) is 1.19. The van der Waals surface area contributed by atoms with Gasteiger partial charge >= 0.3 is 11.6 Å². The van der Waals surface area contributed by atoms with Crippen LogP contribution in [-0.4, -0.2) is 30.2 Å². The van der Waals surface area contributed by atoms with Crippen molar-refractivity contribution < 1.29 is 9.15 Å². The van der Waals surface area contributed by atoms with Gasteiger partial charge in [0.05, 0.1) is 12.6 Å². The van der Waals surface area contributed by atoms with Gasteiger partial charge in [0.2, 0.25) is 0 Å². The summed E-state index contributed by atoms with van der Waals surface area (Å²) in [6.45, 7) is 5.42. The van der Waals surface area contributed by atoms with Crippen molar-refractivity contribution in [2.75, 3.05) is 25.1 Å². The van der Waals surface area contributed by atoms with Crippen LogP contribution in [0.1, 0.15) is 17.7 Å². The van der Waals surface area contributed by atoms with Gasteiger partial charge in [-0.25, -0.2) is 4.79 Å². The number of anilines is 1. The molecule has 0 aliphatic carbocycles. The van der Waals surface area contributed by atoms with Crippen molar-refractivity contribution in [1.29, 1.82) is 0 Å². The molecule has 0 aromatic carbocycles. The van der Waals surface area contributed by atoms with Crippen LogP contribution in [0, 0.1) is 13.8 Å². The number of rotatable bonds is 2. The molecule has 2 aromatic rings. The molecule has 0 bridgehead atoms. The van der Waals surface area contributed by atoms with Crippen LogP contribution in [0.5, 0.6) is 6.01 Å². The summed E-state index contributed by atoms with van der Waals surface area (Å²) in [4.78, 5) is 22.7. The molecular formula is C13H15N3O3. The first-order valence-corrected chi connectivity index (χ1v) is 6.23. The number of methoxy groups -OCH3 is 1. The number of aryl methyl sites for hydroxylation is 2. The van der Waals surface area contributed by atoms with Gasteiger partial charge in [-0.15, -0.1) is 0 Å². The number of hydrogen-bond acceptors (Lipinski definition) is 6. The summed E-state index contributed by atoms with van der Waals surface area (Å²) < 4.78 is 10.4. The molecule has 0 radical (unpaired) electrons. The van der Waals surface area contributed by atoms with Gasteiger partial charge in [-0.3, -0.25) is 0 Å². The quantitative estimate of drug-likeness (QED) is 0.814. The van der Waals surface area contributed by atoms with Crippen molar-refractivity contribution in [3.05, 3.63) is 21.7 Å². The minimum atomic E-state index is -0.386. The topological polar surface area (TPSA) is 68.5 Å². The third-order valence-electron chi connectivity index (χ3n) is 3.54. The van der Waals surface area contributed by atoms with Gasteiger partial charge in [0.15, 0.2) is 5.82 Å². The van der Waals surface area contributed by atoms with E-state index in [9.17, 15) is 4.79 Å². The fraction of sp³-hybridized carbons (Fsp3) is 0.462. The molecule has 0 N–H and O–H groups in total. The molecule has 1 aliphatic rings. The molecule has 3 heterocycles. The number of fused-ring (bicyclic) bond motifs is 1. The van der Waals surface area contributed by atoms with E-state index < -0.39 is 0 Å². The zero-order valence-electron chi connectivity index (χ0n) is 11.2. The van der Waals surface area contributed by atoms with Crippen molar-refractivity contribution in [1.82, 2.24) is 9.97 Å². The smallest absolute Gasteiger partial charge is 0.349 e. The molecule has 0 unspecified atom stereocenters. The summed E-state index contributed by atoms with van der Waals surface area (Å²) in [5, 5.41) is 0.448. The van der Waals surface area contributed by atoms with E-state index in [0.29, 0.717) is 22.5 Å². The van der Waals surface area contributed by atoms with E-state index in [4.69, 9.17) is 9.15 Å². The van der Waals surface area contributed by atoms with Gasteiger partial charge < -0.3 is 14.1 Å². The summed E-state index contributed by atoms with van der Waals surface area (Å²) in [6, 6.07) is 0.280. The molecule has 0 amide bonds. The minimum Gasteiger partial charge on any atom is -0.467 e. The first-order chi connectivity index (χ1) is 9.11. The number of aromatic nitrogens is 2. The SMILES string of the molecule is COc1nc(N2CCC2)c2c(=O)oc(C)c(C)c2n1. The maximum absolute atomic E-state index is 12.1. The predicted octanol–water partition coefficient (Wildman–Crippen LogP) is 1.42. The molecule has 3 rings (SSSR count).